The molecule has 0 aromatic heterocycles. The molecule has 3 heteroatoms. The standard InChI is InChI=1S/C11H12O3/c1-7(13)10-3-9(6-12)4-11(5-10)8(2)14/h3-5,12H,6H2,1-2H3. The number of carbonyl (C=O) groups excluding carboxylic acids is 2. The molecule has 0 amide bonds. The van der Waals surface area contributed by atoms with Crippen LogP contribution in [0.5, 0.6) is 0 Å². The molecule has 0 atom stereocenters. The van der Waals surface area contributed by atoms with Crippen molar-refractivity contribution in [3.8, 4) is 0 Å². The second kappa shape index (κ2) is 4.15. The fourth-order valence-electron chi connectivity index (χ4n) is 1.19. The molecule has 0 spiro atoms. The summed E-state index contributed by atoms with van der Waals surface area (Å²) in [6.07, 6.45) is 0. The summed E-state index contributed by atoms with van der Waals surface area (Å²) >= 11 is 0. The van der Waals surface area contributed by atoms with E-state index in [4.69, 9.17) is 5.11 Å². The van der Waals surface area contributed by atoms with Crippen LogP contribution in [0, 0.1) is 0 Å². The predicted octanol–water partition coefficient (Wildman–Crippen LogP) is 1.58. The third-order valence-corrected chi connectivity index (χ3v) is 1.99. The molecule has 0 aliphatic heterocycles. The van der Waals surface area contributed by atoms with Crippen LogP contribution in [0.2, 0.25) is 0 Å². The van der Waals surface area contributed by atoms with Crippen molar-refractivity contribution in [3.05, 3.63) is 34.9 Å². The smallest absolute Gasteiger partial charge is 0.159 e. The summed E-state index contributed by atoms with van der Waals surface area (Å²) in [5, 5.41) is 8.93. The fourth-order valence-corrected chi connectivity index (χ4v) is 1.19. The maximum absolute atomic E-state index is 11.1. The Kier molecular flexibility index (Phi) is 3.14. The highest BCUT2D eigenvalue weighted by atomic mass is 16.3. The molecule has 1 N–H and O–H groups in total. The van der Waals surface area contributed by atoms with E-state index >= 15 is 0 Å². The van der Waals surface area contributed by atoms with E-state index in [0.717, 1.165) is 0 Å². The van der Waals surface area contributed by atoms with Crippen LogP contribution in [0.4, 0.5) is 0 Å². The van der Waals surface area contributed by atoms with E-state index in [2.05, 4.69) is 0 Å². The van der Waals surface area contributed by atoms with Crippen LogP contribution < -0.4 is 0 Å². The number of benzene rings is 1. The topological polar surface area (TPSA) is 54.4 Å². The number of aliphatic hydroxyl groups is 1. The zero-order chi connectivity index (χ0) is 10.7. The van der Waals surface area contributed by atoms with E-state index in [9.17, 15) is 9.59 Å². The van der Waals surface area contributed by atoms with Gasteiger partial charge in [0.05, 0.1) is 6.61 Å². The third-order valence-electron chi connectivity index (χ3n) is 1.99. The molecule has 0 heterocycles. The molecule has 14 heavy (non-hydrogen) atoms. The van der Waals surface area contributed by atoms with Gasteiger partial charge < -0.3 is 5.11 Å². The quantitative estimate of drug-likeness (QED) is 0.740. The van der Waals surface area contributed by atoms with Crippen molar-refractivity contribution in [2.45, 2.75) is 20.5 Å². The lowest BCUT2D eigenvalue weighted by Crippen LogP contribution is -2.00. The van der Waals surface area contributed by atoms with Crippen LogP contribution in [0.1, 0.15) is 40.1 Å². The monoisotopic (exact) mass is 192 g/mol. The van der Waals surface area contributed by atoms with Crippen molar-refractivity contribution in [2.24, 2.45) is 0 Å². The summed E-state index contributed by atoms with van der Waals surface area (Å²) in [6, 6.07) is 4.73. The largest absolute Gasteiger partial charge is 0.392 e. The van der Waals surface area contributed by atoms with Gasteiger partial charge in [-0.3, -0.25) is 9.59 Å². The van der Waals surface area contributed by atoms with E-state index in [0.29, 0.717) is 16.7 Å². The van der Waals surface area contributed by atoms with Crippen LogP contribution in [0.25, 0.3) is 0 Å². The van der Waals surface area contributed by atoms with Gasteiger partial charge in [0.15, 0.2) is 11.6 Å². The van der Waals surface area contributed by atoms with Crippen molar-refractivity contribution in [1.82, 2.24) is 0 Å². The summed E-state index contributed by atoms with van der Waals surface area (Å²) < 4.78 is 0. The average Bonchev–Trinajstić information content (AvgIpc) is 2.16. The van der Waals surface area contributed by atoms with Crippen LogP contribution in [0.3, 0.4) is 0 Å². The van der Waals surface area contributed by atoms with E-state index < -0.39 is 0 Å². The molecule has 0 aliphatic rings. The number of rotatable bonds is 3. The molecule has 1 aromatic carbocycles. The summed E-state index contributed by atoms with van der Waals surface area (Å²) in [7, 11) is 0. The molecule has 0 aliphatic carbocycles. The van der Waals surface area contributed by atoms with Gasteiger partial charge in [-0.25, -0.2) is 0 Å². The van der Waals surface area contributed by atoms with Crippen LogP contribution in [0.15, 0.2) is 18.2 Å². The minimum atomic E-state index is -0.165. The number of hydrogen-bond donors (Lipinski definition) is 1. The molecule has 0 fully saturated rings. The highest BCUT2D eigenvalue weighted by Gasteiger charge is 2.06. The van der Waals surface area contributed by atoms with Gasteiger partial charge in [-0.2, -0.15) is 0 Å². The Balaban J connectivity index is 3.27. The minimum Gasteiger partial charge on any atom is -0.392 e. The van der Waals surface area contributed by atoms with Crippen molar-refractivity contribution in [2.75, 3.05) is 0 Å². The van der Waals surface area contributed by atoms with Gasteiger partial charge >= 0.3 is 0 Å². The van der Waals surface area contributed by atoms with E-state index in [1.165, 1.54) is 13.8 Å². The lowest BCUT2D eigenvalue weighted by Gasteiger charge is -2.03. The molecular weight excluding hydrogens is 180 g/mol. The summed E-state index contributed by atoms with van der Waals surface area (Å²) in [4.78, 5) is 22.2. The maximum Gasteiger partial charge on any atom is 0.159 e. The summed E-state index contributed by atoms with van der Waals surface area (Å²) in [6.45, 7) is 2.70. The Morgan fingerprint density at radius 2 is 1.50 bits per heavy atom. The first-order valence-electron chi connectivity index (χ1n) is 4.31. The second-order valence-corrected chi connectivity index (χ2v) is 3.19. The number of hydrogen-bond acceptors (Lipinski definition) is 3. The third kappa shape index (κ3) is 2.26. The Hall–Kier alpha value is -1.48. The molecule has 1 rings (SSSR count). The SMILES string of the molecule is CC(=O)c1cc(CO)cc(C(C)=O)c1. The second-order valence-electron chi connectivity index (χ2n) is 3.19. The Labute approximate surface area is 82.4 Å². The molecule has 0 bridgehead atoms. The Morgan fingerprint density at radius 1 is 1.07 bits per heavy atom. The van der Waals surface area contributed by atoms with Crippen molar-refractivity contribution in [3.63, 3.8) is 0 Å². The maximum atomic E-state index is 11.1. The van der Waals surface area contributed by atoms with Crippen LogP contribution >= 0.6 is 0 Å². The zero-order valence-electron chi connectivity index (χ0n) is 8.20. The van der Waals surface area contributed by atoms with Crippen LogP contribution in [-0.2, 0) is 6.61 Å². The van der Waals surface area contributed by atoms with Gasteiger partial charge in [-0.05, 0) is 37.6 Å². The van der Waals surface area contributed by atoms with Gasteiger partial charge in [0.25, 0.3) is 0 Å². The first-order valence-corrected chi connectivity index (χ1v) is 4.31. The zero-order valence-corrected chi connectivity index (χ0v) is 8.20. The first-order chi connectivity index (χ1) is 6.54. The van der Waals surface area contributed by atoms with Crippen molar-refractivity contribution in [1.29, 1.82) is 0 Å². The Morgan fingerprint density at radius 3 is 1.79 bits per heavy atom. The number of Topliss-reactive ketones (excluding diaryl/α,β-unsaturated/α-hetero) is 2. The van der Waals surface area contributed by atoms with Gasteiger partial charge in [-0.15, -0.1) is 0 Å². The molecule has 0 saturated carbocycles. The highest BCUT2D eigenvalue weighted by molar-refractivity contribution is 5.99. The minimum absolute atomic E-state index is 0.109. The van der Waals surface area contributed by atoms with Crippen molar-refractivity contribution < 1.29 is 14.7 Å². The molecule has 0 radical (unpaired) electrons. The van der Waals surface area contributed by atoms with Crippen molar-refractivity contribution >= 4 is 11.6 Å². The van der Waals surface area contributed by atoms with Gasteiger partial charge in [0.1, 0.15) is 0 Å². The van der Waals surface area contributed by atoms with E-state index in [-0.39, 0.29) is 18.2 Å². The molecule has 74 valence electrons. The summed E-state index contributed by atoms with van der Waals surface area (Å²) in [5.41, 5.74) is 1.51. The Bertz CT molecular complexity index is 348. The molecule has 0 unspecified atom stereocenters. The normalized spacial score (nSPS) is 9.93. The van der Waals surface area contributed by atoms with Gasteiger partial charge in [0.2, 0.25) is 0 Å². The summed E-state index contributed by atoms with van der Waals surface area (Å²) in [5.74, 6) is -0.217. The number of ketones is 2. The molecule has 0 saturated heterocycles. The first kappa shape index (κ1) is 10.6. The van der Waals surface area contributed by atoms with E-state index in [1.54, 1.807) is 18.2 Å². The van der Waals surface area contributed by atoms with Crippen LogP contribution in [-0.4, -0.2) is 16.7 Å². The average molecular weight is 192 g/mol. The molecular formula is C11H12O3. The molecule has 3 nitrogen and oxygen atoms in total. The predicted molar refractivity (Wildman–Crippen MR) is 52.4 cm³/mol. The lowest BCUT2D eigenvalue weighted by molar-refractivity contribution is 0.101. The van der Waals surface area contributed by atoms with Gasteiger partial charge in [-0.1, -0.05) is 0 Å². The number of carbonyl (C=O) groups is 2. The fraction of sp³-hybridized carbons (Fsp3) is 0.273. The lowest BCUT2D eigenvalue weighted by atomic mass is 10.0. The highest BCUT2D eigenvalue weighted by Crippen LogP contribution is 2.11. The molecule has 1 aromatic rings. The van der Waals surface area contributed by atoms with E-state index in [1.807, 2.05) is 0 Å². The van der Waals surface area contributed by atoms with Gasteiger partial charge in [0, 0.05) is 11.1 Å². The number of aliphatic hydroxyl groups excluding tert-OH is 1.